The predicted molar refractivity (Wildman–Crippen MR) is 104 cm³/mol. The highest BCUT2D eigenvalue weighted by Gasteiger charge is 2.27. The maximum atomic E-state index is 12.5. The van der Waals surface area contributed by atoms with Crippen LogP contribution < -0.4 is 4.90 Å². The minimum Gasteiger partial charge on any atom is -0.377 e. The van der Waals surface area contributed by atoms with E-state index in [0.717, 1.165) is 31.6 Å². The summed E-state index contributed by atoms with van der Waals surface area (Å²) in [6, 6.07) is 20.7. The second-order valence-corrected chi connectivity index (χ2v) is 6.45. The Morgan fingerprint density at radius 3 is 2.24 bits per heavy atom. The van der Waals surface area contributed by atoms with Crippen molar-refractivity contribution >= 4 is 17.7 Å². The van der Waals surface area contributed by atoms with E-state index in [2.05, 4.69) is 41.4 Å². The molecule has 0 bridgehead atoms. The fourth-order valence-corrected chi connectivity index (χ4v) is 3.37. The van der Waals surface area contributed by atoms with Gasteiger partial charge in [0.2, 0.25) is 5.91 Å². The quantitative estimate of drug-likeness (QED) is 0.800. The zero-order chi connectivity index (χ0) is 17.5. The molecule has 0 saturated carbocycles. The molecule has 0 aromatic heterocycles. The molecule has 0 aliphatic carbocycles. The Labute approximate surface area is 150 Å². The van der Waals surface area contributed by atoms with Crippen molar-refractivity contribution < 1.29 is 4.79 Å². The summed E-state index contributed by atoms with van der Waals surface area (Å²) in [5.74, 6) is 0.212. The summed E-state index contributed by atoms with van der Waals surface area (Å²) in [5, 5.41) is 0. The number of carbonyl (C=O) groups is 1. The molecule has 25 heavy (non-hydrogen) atoms. The highest BCUT2D eigenvalue weighted by Crippen LogP contribution is 2.24. The summed E-state index contributed by atoms with van der Waals surface area (Å²) < 4.78 is 0. The molecule has 0 radical (unpaired) electrons. The van der Waals surface area contributed by atoms with E-state index in [1.165, 1.54) is 5.56 Å². The average molecular weight is 334 g/mol. The van der Waals surface area contributed by atoms with Gasteiger partial charge in [-0.3, -0.25) is 4.79 Å². The molecule has 1 aliphatic heterocycles. The topological polar surface area (TPSA) is 23.6 Å². The van der Waals surface area contributed by atoms with Gasteiger partial charge in [0, 0.05) is 31.2 Å². The maximum Gasteiger partial charge on any atom is 0.226 e. The van der Waals surface area contributed by atoms with Gasteiger partial charge in [-0.05, 0) is 42.8 Å². The van der Waals surface area contributed by atoms with Gasteiger partial charge in [0.25, 0.3) is 0 Å². The van der Waals surface area contributed by atoms with Crippen LogP contribution in [-0.4, -0.2) is 29.9 Å². The molecule has 0 spiro atoms. The first kappa shape index (κ1) is 17.3. The van der Waals surface area contributed by atoms with Crippen molar-refractivity contribution in [1.29, 1.82) is 0 Å². The molecule has 1 heterocycles. The summed E-state index contributed by atoms with van der Waals surface area (Å²) in [5.41, 5.74) is 2.24. The Morgan fingerprint density at radius 1 is 1.04 bits per heavy atom. The fourth-order valence-electron chi connectivity index (χ4n) is 3.37. The third kappa shape index (κ3) is 4.50. The van der Waals surface area contributed by atoms with Gasteiger partial charge in [0.05, 0.1) is 0 Å². The molecule has 3 heteroatoms. The van der Waals surface area contributed by atoms with Crippen LogP contribution in [0.4, 0.5) is 5.69 Å². The first-order valence-electron chi connectivity index (χ1n) is 9.12. The minimum absolute atomic E-state index is 0.212. The number of anilines is 1. The number of rotatable bonds is 5. The van der Waals surface area contributed by atoms with E-state index in [4.69, 9.17) is 0 Å². The molecule has 3 rings (SSSR count). The minimum atomic E-state index is 0.212. The van der Waals surface area contributed by atoms with Gasteiger partial charge in [0.1, 0.15) is 0 Å². The van der Waals surface area contributed by atoms with Gasteiger partial charge in [0.15, 0.2) is 0 Å². The van der Waals surface area contributed by atoms with Gasteiger partial charge in [-0.25, -0.2) is 0 Å². The molecule has 0 atom stereocenters. The van der Waals surface area contributed by atoms with E-state index in [9.17, 15) is 4.79 Å². The van der Waals surface area contributed by atoms with Crippen LogP contribution >= 0.6 is 0 Å². The van der Waals surface area contributed by atoms with Crippen molar-refractivity contribution in [2.24, 2.45) is 0 Å². The van der Waals surface area contributed by atoms with E-state index < -0.39 is 0 Å². The lowest BCUT2D eigenvalue weighted by Gasteiger charge is -2.38. The number of carbonyl (C=O) groups excluding carboxylic acids is 1. The first-order valence-corrected chi connectivity index (χ1v) is 9.12. The van der Waals surface area contributed by atoms with Gasteiger partial charge >= 0.3 is 0 Å². The van der Waals surface area contributed by atoms with Crippen LogP contribution in [-0.2, 0) is 4.79 Å². The summed E-state index contributed by atoms with van der Waals surface area (Å²) in [7, 11) is 0. The molecule has 0 N–H and O–H groups in total. The summed E-state index contributed by atoms with van der Waals surface area (Å²) in [6.07, 6.45) is 6.88. The smallest absolute Gasteiger partial charge is 0.226 e. The normalized spacial score (nSPS) is 15.5. The second-order valence-electron chi connectivity index (χ2n) is 6.45. The van der Waals surface area contributed by atoms with Gasteiger partial charge in [-0.1, -0.05) is 55.5 Å². The molecular weight excluding hydrogens is 308 g/mol. The molecule has 2 aromatic carbocycles. The van der Waals surface area contributed by atoms with E-state index in [1.807, 2.05) is 48.2 Å². The molecule has 1 amide bonds. The number of piperidine rings is 1. The van der Waals surface area contributed by atoms with Crippen molar-refractivity contribution in [3.8, 4) is 0 Å². The van der Waals surface area contributed by atoms with Crippen LogP contribution in [0.5, 0.6) is 0 Å². The van der Waals surface area contributed by atoms with Crippen molar-refractivity contribution in [2.75, 3.05) is 18.0 Å². The van der Waals surface area contributed by atoms with Crippen LogP contribution in [0.2, 0.25) is 0 Å². The fraction of sp³-hybridized carbons (Fsp3) is 0.318. The average Bonchev–Trinajstić information content (AvgIpc) is 2.69. The molecule has 0 unspecified atom stereocenters. The van der Waals surface area contributed by atoms with Crippen LogP contribution in [0.3, 0.4) is 0 Å². The SMILES string of the molecule is CCC(=O)N(c1ccccc1)C1CCN(C=Cc2ccccc2)CC1. The standard InChI is InChI=1S/C22H26N2O/c1-2-22(25)24(20-11-7-4-8-12-20)21-14-17-23(18-15-21)16-13-19-9-5-3-6-10-19/h3-13,16,21H,2,14-15,17-18H2,1H3. The summed E-state index contributed by atoms with van der Waals surface area (Å²) in [6.45, 7) is 3.90. The van der Waals surface area contributed by atoms with Crippen molar-refractivity contribution in [2.45, 2.75) is 32.2 Å². The van der Waals surface area contributed by atoms with Crippen molar-refractivity contribution in [3.63, 3.8) is 0 Å². The first-order chi connectivity index (χ1) is 12.3. The van der Waals surface area contributed by atoms with Gasteiger partial charge < -0.3 is 9.80 Å². The van der Waals surface area contributed by atoms with Gasteiger partial charge in [-0.2, -0.15) is 0 Å². The molecule has 1 aliphatic rings. The number of amides is 1. The highest BCUT2D eigenvalue weighted by molar-refractivity contribution is 5.93. The number of likely N-dealkylation sites (tertiary alicyclic amines) is 1. The second kappa shape index (κ2) is 8.52. The number of nitrogens with zero attached hydrogens (tertiary/aromatic N) is 2. The third-order valence-electron chi connectivity index (χ3n) is 4.75. The largest absolute Gasteiger partial charge is 0.377 e. The maximum absolute atomic E-state index is 12.5. The summed E-state index contributed by atoms with van der Waals surface area (Å²) in [4.78, 5) is 16.9. The molecule has 2 aromatic rings. The Hall–Kier alpha value is -2.55. The van der Waals surface area contributed by atoms with E-state index in [1.54, 1.807) is 0 Å². The van der Waals surface area contributed by atoms with Gasteiger partial charge in [-0.15, -0.1) is 0 Å². The van der Waals surface area contributed by atoms with Crippen LogP contribution in [0.25, 0.3) is 6.08 Å². The molecular formula is C22H26N2O. The Morgan fingerprint density at radius 2 is 1.64 bits per heavy atom. The third-order valence-corrected chi connectivity index (χ3v) is 4.75. The monoisotopic (exact) mass is 334 g/mol. The lowest BCUT2D eigenvalue weighted by Crippen LogP contribution is -2.46. The Kier molecular flexibility index (Phi) is 5.89. The van der Waals surface area contributed by atoms with Crippen molar-refractivity contribution in [1.82, 2.24) is 4.90 Å². The summed E-state index contributed by atoms with van der Waals surface area (Å²) >= 11 is 0. The predicted octanol–water partition coefficient (Wildman–Crippen LogP) is 4.56. The Bertz CT molecular complexity index is 688. The number of hydrogen-bond donors (Lipinski definition) is 0. The Balaban J connectivity index is 1.63. The van der Waals surface area contributed by atoms with E-state index >= 15 is 0 Å². The number of para-hydroxylation sites is 1. The lowest BCUT2D eigenvalue weighted by molar-refractivity contribution is -0.119. The van der Waals surface area contributed by atoms with Crippen LogP contribution in [0.15, 0.2) is 66.9 Å². The zero-order valence-electron chi connectivity index (χ0n) is 14.8. The van der Waals surface area contributed by atoms with Crippen LogP contribution in [0, 0.1) is 0 Å². The number of benzene rings is 2. The highest BCUT2D eigenvalue weighted by atomic mass is 16.2. The number of hydrogen-bond acceptors (Lipinski definition) is 2. The molecule has 1 saturated heterocycles. The van der Waals surface area contributed by atoms with E-state index in [0.29, 0.717) is 6.42 Å². The molecule has 130 valence electrons. The lowest BCUT2D eigenvalue weighted by atomic mass is 10.0. The van der Waals surface area contributed by atoms with Crippen molar-refractivity contribution in [3.05, 3.63) is 72.4 Å². The zero-order valence-corrected chi connectivity index (χ0v) is 14.8. The molecule has 3 nitrogen and oxygen atoms in total. The van der Waals surface area contributed by atoms with E-state index in [-0.39, 0.29) is 11.9 Å². The molecule has 1 fully saturated rings. The van der Waals surface area contributed by atoms with Crippen LogP contribution in [0.1, 0.15) is 31.7 Å².